The molecule has 0 unspecified atom stereocenters. The van der Waals surface area contributed by atoms with Crippen molar-refractivity contribution < 1.29 is 24.2 Å². The third-order valence-corrected chi connectivity index (χ3v) is 9.23. The number of rotatable bonds is 11. The molecule has 3 aliphatic carbocycles. The van der Waals surface area contributed by atoms with Gasteiger partial charge in [0.25, 0.3) is 0 Å². The van der Waals surface area contributed by atoms with Crippen LogP contribution in [-0.2, 0) is 15.1 Å². The Hall–Kier alpha value is -2.70. The number of carbonyl (C=O) groups excluding carboxylic acids is 2. The number of carbonyl (C=O) groups is 2. The Morgan fingerprint density at radius 3 is 2.47 bits per heavy atom. The molecule has 3 saturated carbocycles. The van der Waals surface area contributed by atoms with Gasteiger partial charge in [-0.05, 0) is 81.3 Å². The number of benzene rings is 2. The standard InChI is InChI=1S/C32H41NO5/c1-33(19-8-20-37-27-16-13-23(22-34)14-17-27)30-24-15-18-28(30)29(21-24)38-31(35)32(36,25-9-4-2-5-10-25)26-11-6-3-7-12-26/h2,4-5,9-10,13-14,16-17,22,24,26,28-30,36H,3,6-8,11-12,15,18-21H2,1H3/t24-,28+,29+,30-,32-/m0/s1. The average Bonchev–Trinajstić information content (AvgIpc) is 3.54. The van der Waals surface area contributed by atoms with Gasteiger partial charge in [0.1, 0.15) is 18.1 Å². The van der Waals surface area contributed by atoms with Crippen LogP contribution in [0.3, 0.4) is 0 Å². The average molecular weight is 520 g/mol. The number of ether oxygens (including phenoxy) is 2. The van der Waals surface area contributed by atoms with Crippen molar-refractivity contribution in [3.63, 3.8) is 0 Å². The van der Waals surface area contributed by atoms with Gasteiger partial charge in [0.2, 0.25) is 0 Å². The monoisotopic (exact) mass is 519 g/mol. The van der Waals surface area contributed by atoms with Gasteiger partial charge in [0.05, 0.1) is 6.61 Å². The largest absolute Gasteiger partial charge is 0.494 e. The Labute approximate surface area is 226 Å². The number of hydrogen-bond acceptors (Lipinski definition) is 6. The van der Waals surface area contributed by atoms with Crippen LogP contribution in [0, 0.1) is 17.8 Å². The van der Waals surface area contributed by atoms with E-state index in [2.05, 4.69) is 11.9 Å². The minimum absolute atomic E-state index is 0.0992. The van der Waals surface area contributed by atoms with E-state index in [0.717, 1.165) is 69.9 Å². The third-order valence-electron chi connectivity index (χ3n) is 9.23. The summed E-state index contributed by atoms with van der Waals surface area (Å²) in [6.45, 7) is 1.51. The first-order chi connectivity index (χ1) is 18.5. The number of aliphatic hydroxyl groups is 1. The topological polar surface area (TPSA) is 76.1 Å². The molecule has 0 spiro atoms. The van der Waals surface area contributed by atoms with Crippen LogP contribution in [0.2, 0.25) is 0 Å². The molecule has 3 aliphatic rings. The predicted molar refractivity (Wildman–Crippen MR) is 146 cm³/mol. The molecule has 3 fully saturated rings. The van der Waals surface area contributed by atoms with Crippen molar-refractivity contribution in [1.82, 2.24) is 4.90 Å². The maximum Gasteiger partial charge on any atom is 0.343 e. The summed E-state index contributed by atoms with van der Waals surface area (Å²) >= 11 is 0. The SMILES string of the molecule is CN(CCCOc1ccc(C=O)cc1)[C@H]1[C@H]2CC[C@@H]1[C@H](OC(=O)[C@](O)(c1ccccc1)C1CCCCC1)C2. The van der Waals surface area contributed by atoms with Crippen LogP contribution in [0.25, 0.3) is 0 Å². The molecule has 6 nitrogen and oxygen atoms in total. The summed E-state index contributed by atoms with van der Waals surface area (Å²) in [4.78, 5) is 27.0. The highest BCUT2D eigenvalue weighted by Crippen LogP contribution is 2.49. The van der Waals surface area contributed by atoms with Crippen molar-refractivity contribution >= 4 is 12.3 Å². The van der Waals surface area contributed by atoms with Crippen molar-refractivity contribution in [2.75, 3.05) is 20.2 Å². The Kier molecular flexibility index (Phi) is 8.49. The van der Waals surface area contributed by atoms with Crippen molar-refractivity contribution in [2.24, 2.45) is 17.8 Å². The molecule has 38 heavy (non-hydrogen) atoms. The normalized spacial score (nSPS) is 26.7. The summed E-state index contributed by atoms with van der Waals surface area (Å²) in [6.07, 6.45) is 9.64. The number of nitrogens with zero attached hydrogens (tertiary/aromatic N) is 1. The van der Waals surface area contributed by atoms with Crippen molar-refractivity contribution in [3.8, 4) is 5.75 Å². The highest BCUT2D eigenvalue weighted by atomic mass is 16.6. The first-order valence-corrected chi connectivity index (χ1v) is 14.4. The lowest BCUT2D eigenvalue weighted by Gasteiger charge is -2.38. The minimum Gasteiger partial charge on any atom is -0.494 e. The molecule has 2 aromatic carbocycles. The fourth-order valence-corrected chi connectivity index (χ4v) is 7.31. The molecule has 5 atom stereocenters. The zero-order valence-corrected chi connectivity index (χ0v) is 22.5. The second-order valence-corrected chi connectivity index (χ2v) is 11.5. The lowest BCUT2D eigenvalue weighted by atomic mass is 9.73. The number of fused-ring (bicyclic) bond motifs is 2. The first kappa shape index (κ1) is 26.9. The molecule has 5 rings (SSSR count). The molecule has 0 aromatic heterocycles. The van der Waals surface area contributed by atoms with Gasteiger partial charge in [-0.1, -0.05) is 49.6 Å². The number of aldehydes is 1. The summed E-state index contributed by atoms with van der Waals surface area (Å²) in [5, 5.41) is 11.9. The molecule has 0 saturated heterocycles. The predicted octanol–water partition coefficient (Wildman–Crippen LogP) is 5.38. The van der Waals surface area contributed by atoms with E-state index in [0.29, 0.717) is 35.6 Å². The second-order valence-electron chi connectivity index (χ2n) is 11.5. The van der Waals surface area contributed by atoms with Gasteiger partial charge in [0, 0.05) is 30.0 Å². The maximum atomic E-state index is 13.7. The zero-order valence-electron chi connectivity index (χ0n) is 22.5. The van der Waals surface area contributed by atoms with Crippen LogP contribution in [0.5, 0.6) is 5.75 Å². The molecule has 0 heterocycles. The fourth-order valence-electron chi connectivity index (χ4n) is 7.31. The second kappa shape index (κ2) is 12.0. The van der Waals surface area contributed by atoms with E-state index in [1.165, 1.54) is 6.42 Å². The molecule has 204 valence electrons. The van der Waals surface area contributed by atoms with E-state index in [9.17, 15) is 14.7 Å². The lowest BCUT2D eigenvalue weighted by Crippen LogP contribution is -2.47. The van der Waals surface area contributed by atoms with Gasteiger partial charge in [-0.25, -0.2) is 4.79 Å². The van der Waals surface area contributed by atoms with Crippen molar-refractivity contribution in [2.45, 2.75) is 75.5 Å². The third kappa shape index (κ3) is 5.52. The van der Waals surface area contributed by atoms with Gasteiger partial charge >= 0.3 is 5.97 Å². The summed E-state index contributed by atoms with van der Waals surface area (Å²) in [5.74, 6) is 1.03. The number of hydrogen-bond donors (Lipinski definition) is 1. The van der Waals surface area contributed by atoms with E-state index < -0.39 is 11.6 Å². The van der Waals surface area contributed by atoms with Crippen molar-refractivity contribution in [3.05, 3.63) is 65.7 Å². The van der Waals surface area contributed by atoms with E-state index in [4.69, 9.17) is 9.47 Å². The van der Waals surface area contributed by atoms with Gasteiger partial charge < -0.3 is 19.5 Å². The van der Waals surface area contributed by atoms with Crippen LogP contribution in [0.15, 0.2) is 54.6 Å². The van der Waals surface area contributed by atoms with Crippen LogP contribution >= 0.6 is 0 Å². The van der Waals surface area contributed by atoms with Crippen molar-refractivity contribution in [1.29, 1.82) is 0 Å². The smallest absolute Gasteiger partial charge is 0.343 e. The van der Waals surface area contributed by atoms with Crippen LogP contribution in [-0.4, -0.2) is 54.6 Å². The minimum atomic E-state index is -1.58. The van der Waals surface area contributed by atoms with E-state index in [-0.39, 0.29) is 12.0 Å². The molecular weight excluding hydrogens is 478 g/mol. The molecule has 0 amide bonds. The Morgan fingerprint density at radius 1 is 1.03 bits per heavy atom. The summed E-state index contributed by atoms with van der Waals surface area (Å²) in [7, 11) is 2.17. The van der Waals surface area contributed by atoms with Gasteiger partial charge in [-0.3, -0.25) is 4.79 Å². The van der Waals surface area contributed by atoms with E-state index in [1.54, 1.807) is 12.1 Å². The highest BCUT2D eigenvalue weighted by molar-refractivity contribution is 5.82. The molecule has 1 N–H and O–H groups in total. The van der Waals surface area contributed by atoms with Gasteiger partial charge in [0.15, 0.2) is 5.60 Å². The number of esters is 1. The summed E-state index contributed by atoms with van der Waals surface area (Å²) in [6, 6.07) is 17.0. The molecule has 2 bridgehead atoms. The molecule has 2 aromatic rings. The summed E-state index contributed by atoms with van der Waals surface area (Å²) in [5.41, 5.74) is -0.272. The van der Waals surface area contributed by atoms with Crippen LogP contribution < -0.4 is 4.74 Å². The maximum absolute atomic E-state index is 13.7. The van der Waals surface area contributed by atoms with Gasteiger partial charge in [-0.2, -0.15) is 0 Å². The Morgan fingerprint density at radius 2 is 1.76 bits per heavy atom. The highest BCUT2D eigenvalue weighted by Gasteiger charge is 2.54. The lowest BCUT2D eigenvalue weighted by molar-refractivity contribution is -0.184. The quantitative estimate of drug-likeness (QED) is 0.244. The van der Waals surface area contributed by atoms with E-state index in [1.807, 2.05) is 42.5 Å². The summed E-state index contributed by atoms with van der Waals surface area (Å²) < 4.78 is 12.1. The Bertz CT molecular complexity index is 1070. The molecule has 6 heteroatoms. The Balaban J connectivity index is 1.18. The van der Waals surface area contributed by atoms with Crippen LogP contribution in [0.4, 0.5) is 0 Å². The van der Waals surface area contributed by atoms with Gasteiger partial charge in [-0.15, -0.1) is 0 Å². The first-order valence-electron chi connectivity index (χ1n) is 14.4. The van der Waals surface area contributed by atoms with Crippen LogP contribution in [0.1, 0.15) is 73.7 Å². The molecule has 0 radical (unpaired) electrons. The molecular formula is C32H41NO5. The van der Waals surface area contributed by atoms with E-state index >= 15 is 0 Å². The zero-order chi connectivity index (χ0) is 26.5. The molecule has 0 aliphatic heterocycles. The fraction of sp³-hybridized carbons (Fsp3) is 0.562.